The molecular formula is C14H26N2O. The minimum absolute atomic E-state index is 0.227. The Morgan fingerprint density at radius 1 is 1.24 bits per heavy atom. The summed E-state index contributed by atoms with van der Waals surface area (Å²) >= 11 is 0. The van der Waals surface area contributed by atoms with Gasteiger partial charge in [0.05, 0.1) is 0 Å². The fraction of sp³-hybridized carbons (Fsp3) is 0.929. The molecule has 0 aromatic heterocycles. The third-order valence-corrected chi connectivity index (χ3v) is 4.68. The van der Waals surface area contributed by atoms with E-state index in [-0.39, 0.29) is 5.92 Å². The van der Waals surface area contributed by atoms with Gasteiger partial charge in [-0.1, -0.05) is 19.8 Å². The van der Waals surface area contributed by atoms with Crippen molar-refractivity contribution in [3.05, 3.63) is 0 Å². The van der Waals surface area contributed by atoms with E-state index in [1.54, 1.807) is 0 Å². The van der Waals surface area contributed by atoms with Crippen molar-refractivity contribution in [1.82, 2.24) is 5.32 Å². The summed E-state index contributed by atoms with van der Waals surface area (Å²) in [5.74, 6) is 1.75. The van der Waals surface area contributed by atoms with E-state index in [9.17, 15) is 4.79 Å². The van der Waals surface area contributed by atoms with Gasteiger partial charge in [-0.2, -0.15) is 0 Å². The van der Waals surface area contributed by atoms with Gasteiger partial charge in [0.25, 0.3) is 0 Å². The quantitative estimate of drug-likeness (QED) is 0.790. The van der Waals surface area contributed by atoms with E-state index < -0.39 is 0 Å². The Labute approximate surface area is 105 Å². The van der Waals surface area contributed by atoms with E-state index in [4.69, 9.17) is 5.73 Å². The Bertz CT molecular complexity index is 267. The van der Waals surface area contributed by atoms with Crippen molar-refractivity contribution < 1.29 is 4.79 Å². The Balaban J connectivity index is 1.82. The van der Waals surface area contributed by atoms with Crippen LogP contribution in [0.2, 0.25) is 0 Å². The van der Waals surface area contributed by atoms with Crippen LogP contribution in [-0.2, 0) is 4.79 Å². The Kier molecular flexibility index (Phi) is 4.43. The van der Waals surface area contributed by atoms with Crippen molar-refractivity contribution in [3.63, 3.8) is 0 Å². The summed E-state index contributed by atoms with van der Waals surface area (Å²) in [6.07, 6.45) is 8.14. The van der Waals surface area contributed by atoms with Gasteiger partial charge in [0.1, 0.15) is 0 Å². The molecule has 0 aliphatic heterocycles. The number of hydrogen-bond acceptors (Lipinski definition) is 2. The predicted molar refractivity (Wildman–Crippen MR) is 69.4 cm³/mol. The number of carbonyl (C=O) groups is 1. The molecule has 4 atom stereocenters. The highest BCUT2D eigenvalue weighted by Crippen LogP contribution is 2.30. The molecule has 0 heterocycles. The van der Waals surface area contributed by atoms with Crippen LogP contribution in [0.25, 0.3) is 0 Å². The topological polar surface area (TPSA) is 55.1 Å². The molecular weight excluding hydrogens is 212 g/mol. The Morgan fingerprint density at radius 2 is 2.00 bits per heavy atom. The van der Waals surface area contributed by atoms with Gasteiger partial charge >= 0.3 is 0 Å². The third kappa shape index (κ3) is 3.21. The zero-order chi connectivity index (χ0) is 12.3. The van der Waals surface area contributed by atoms with E-state index in [2.05, 4.69) is 12.2 Å². The van der Waals surface area contributed by atoms with Gasteiger partial charge in [0.15, 0.2) is 0 Å². The first kappa shape index (κ1) is 12.9. The average Bonchev–Trinajstić information content (AvgIpc) is 2.75. The molecule has 2 fully saturated rings. The standard InChI is InChI=1S/C14H26N2O/c1-10-4-2-7-13(10)16-14(17)12-6-3-5-11(8-12)9-15/h10-13H,2-9,15H2,1H3,(H,16,17). The maximum Gasteiger partial charge on any atom is 0.223 e. The fourth-order valence-electron chi connectivity index (χ4n) is 3.40. The molecule has 2 aliphatic carbocycles. The van der Waals surface area contributed by atoms with Crippen molar-refractivity contribution in [2.24, 2.45) is 23.5 Å². The van der Waals surface area contributed by atoms with Crippen molar-refractivity contribution in [3.8, 4) is 0 Å². The van der Waals surface area contributed by atoms with Gasteiger partial charge in [-0.15, -0.1) is 0 Å². The van der Waals surface area contributed by atoms with Gasteiger partial charge in [-0.05, 0) is 50.5 Å². The third-order valence-electron chi connectivity index (χ3n) is 4.68. The second-order valence-electron chi connectivity index (χ2n) is 5.99. The van der Waals surface area contributed by atoms with Crippen LogP contribution < -0.4 is 11.1 Å². The molecule has 3 heteroatoms. The first-order chi connectivity index (χ1) is 8.20. The van der Waals surface area contributed by atoms with E-state index >= 15 is 0 Å². The Hall–Kier alpha value is -0.570. The van der Waals surface area contributed by atoms with E-state index in [1.165, 1.54) is 32.1 Å². The normalized spacial score (nSPS) is 38.0. The van der Waals surface area contributed by atoms with E-state index in [0.29, 0.717) is 23.8 Å². The van der Waals surface area contributed by atoms with Gasteiger partial charge in [-0.3, -0.25) is 4.79 Å². The van der Waals surface area contributed by atoms with Crippen LogP contribution in [-0.4, -0.2) is 18.5 Å². The van der Waals surface area contributed by atoms with E-state index in [1.807, 2.05) is 0 Å². The number of nitrogens with one attached hydrogen (secondary N) is 1. The molecule has 0 aromatic rings. The molecule has 0 saturated heterocycles. The van der Waals surface area contributed by atoms with Crippen LogP contribution >= 0.6 is 0 Å². The molecule has 98 valence electrons. The van der Waals surface area contributed by atoms with Crippen LogP contribution in [0.5, 0.6) is 0 Å². The van der Waals surface area contributed by atoms with Crippen LogP contribution in [0.3, 0.4) is 0 Å². The van der Waals surface area contributed by atoms with Crippen LogP contribution in [0.1, 0.15) is 51.9 Å². The predicted octanol–water partition coefficient (Wildman–Crippen LogP) is 2.06. The highest BCUT2D eigenvalue weighted by atomic mass is 16.1. The van der Waals surface area contributed by atoms with Crippen molar-refractivity contribution >= 4 is 5.91 Å². The maximum atomic E-state index is 12.2. The summed E-state index contributed by atoms with van der Waals surface area (Å²) in [4.78, 5) is 12.2. The highest BCUT2D eigenvalue weighted by molar-refractivity contribution is 5.79. The molecule has 2 aliphatic rings. The first-order valence-corrected chi connectivity index (χ1v) is 7.21. The molecule has 2 saturated carbocycles. The van der Waals surface area contributed by atoms with Crippen LogP contribution in [0, 0.1) is 17.8 Å². The molecule has 0 spiro atoms. The smallest absolute Gasteiger partial charge is 0.223 e. The molecule has 17 heavy (non-hydrogen) atoms. The molecule has 0 aromatic carbocycles. The SMILES string of the molecule is CC1CCCC1NC(=O)C1CCCC(CN)C1. The van der Waals surface area contributed by atoms with Crippen molar-refractivity contribution in [2.45, 2.75) is 57.9 Å². The van der Waals surface area contributed by atoms with E-state index in [0.717, 1.165) is 19.4 Å². The number of hydrogen-bond donors (Lipinski definition) is 2. The molecule has 3 N–H and O–H groups in total. The lowest BCUT2D eigenvalue weighted by Crippen LogP contribution is -2.42. The van der Waals surface area contributed by atoms with Gasteiger partial charge < -0.3 is 11.1 Å². The van der Waals surface area contributed by atoms with Crippen LogP contribution in [0.15, 0.2) is 0 Å². The minimum atomic E-state index is 0.227. The lowest BCUT2D eigenvalue weighted by atomic mass is 9.81. The molecule has 1 amide bonds. The molecule has 4 unspecified atom stereocenters. The summed E-state index contributed by atoms with van der Waals surface area (Å²) in [5, 5.41) is 3.26. The largest absolute Gasteiger partial charge is 0.353 e. The van der Waals surface area contributed by atoms with Crippen molar-refractivity contribution in [2.75, 3.05) is 6.54 Å². The molecule has 3 nitrogen and oxygen atoms in total. The zero-order valence-corrected chi connectivity index (χ0v) is 11.0. The summed E-state index contributed by atoms with van der Waals surface area (Å²) in [5.41, 5.74) is 5.72. The Morgan fingerprint density at radius 3 is 2.65 bits per heavy atom. The summed E-state index contributed by atoms with van der Waals surface area (Å²) in [6.45, 7) is 2.99. The monoisotopic (exact) mass is 238 g/mol. The van der Waals surface area contributed by atoms with Gasteiger partial charge in [0, 0.05) is 12.0 Å². The van der Waals surface area contributed by atoms with Gasteiger partial charge in [0.2, 0.25) is 5.91 Å². The second-order valence-corrected chi connectivity index (χ2v) is 5.99. The lowest BCUT2D eigenvalue weighted by Gasteiger charge is -2.29. The fourth-order valence-corrected chi connectivity index (χ4v) is 3.40. The summed E-state index contributed by atoms with van der Waals surface area (Å²) < 4.78 is 0. The number of rotatable bonds is 3. The first-order valence-electron chi connectivity index (χ1n) is 7.21. The van der Waals surface area contributed by atoms with Crippen LogP contribution in [0.4, 0.5) is 0 Å². The molecule has 2 rings (SSSR count). The zero-order valence-electron chi connectivity index (χ0n) is 11.0. The number of carbonyl (C=O) groups excluding carboxylic acids is 1. The minimum Gasteiger partial charge on any atom is -0.353 e. The average molecular weight is 238 g/mol. The maximum absolute atomic E-state index is 12.2. The summed E-state index contributed by atoms with van der Waals surface area (Å²) in [6, 6.07) is 0.431. The highest BCUT2D eigenvalue weighted by Gasteiger charge is 2.30. The second kappa shape index (κ2) is 5.85. The molecule has 0 bridgehead atoms. The molecule has 0 radical (unpaired) electrons. The number of amides is 1. The summed E-state index contributed by atoms with van der Waals surface area (Å²) in [7, 11) is 0. The lowest BCUT2D eigenvalue weighted by molar-refractivity contribution is -0.127. The van der Waals surface area contributed by atoms with Gasteiger partial charge in [-0.25, -0.2) is 0 Å². The van der Waals surface area contributed by atoms with Crippen molar-refractivity contribution in [1.29, 1.82) is 0 Å². The number of nitrogens with two attached hydrogens (primary N) is 1.